The number of rotatable bonds is 4. The van der Waals surface area contributed by atoms with Crippen LogP contribution in [0, 0.1) is 0 Å². The summed E-state index contributed by atoms with van der Waals surface area (Å²) in [6.07, 6.45) is 0. The molecule has 0 atom stereocenters. The van der Waals surface area contributed by atoms with E-state index in [2.05, 4.69) is 63.4 Å². The maximum absolute atomic E-state index is 6.44. The first-order chi connectivity index (χ1) is 6.87. The normalized spacial score (nSPS) is 12.9. The molecule has 0 saturated heterocycles. The van der Waals surface area contributed by atoms with Crippen LogP contribution < -0.4 is 5.19 Å². The van der Waals surface area contributed by atoms with Gasteiger partial charge < -0.3 is 4.12 Å². The quantitative estimate of drug-likeness (QED) is 0.731. The van der Waals surface area contributed by atoms with Gasteiger partial charge in [0.1, 0.15) is 0 Å². The van der Waals surface area contributed by atoms with Crippen LogP contribution in [0.1, 0.15) is 6.92 Å². The second-order valence-corrected chi connectivity index (χ2v) is 13.7. The van der Waals surface area contributed by atoms with Crippen molar-refractivity contribution < 1.29 is 4.12 Å². The van der Waals surface area contributed by atoms with Gasteiger partial charge in [0.05, 0.1) is 0 Å². The van der Waals surface area contributed by atoms with Crippen LogP contribution in [-0.2, 0) is 4.12 Å². The molecule has 1 rings (SSSR count). The summed E-state index contributed by atoms with van der Waals surface area (Å²) in [6.45, 7) is 11.5. The summed E-state index contributed by atoms with van der Waals surface area (Å²) in [6, 6.07) is 11.9. The first-order valence-corrected chi connectivity index (χ1v) is 11.7. The molecule has 0 amide bonds. The highest BCUT2D eigenvalue weighted by Gasteiger charge is 2.32. The Labute approximate surface area is 95.7 Å². The highest BCUT2D eigenvalue weighted by atomic mass is 28.4. The van der Waals surface area contributed by atoms with E-state index in [0.29, 0.717) is 0 Å². The van der Waals surface area contributed by atoms with Crippen LogP contribution in [0.2, 0.25) is 32.2 Å². The second-order valence-electron chi connectivity index (χ2n) is 5.09. The molecular formula is C12H22OSi2. The molecule has 1 aromatic carbocycles. The Morgan fingerprint density at radius 2 is 1.53 bits per heavy atom. The van der Waals surface area contributed by atoms with E-state index in [1.807, 2.05) is 0 Å². The minimum absolute atomic E-state index is 1.19. The largest absolute Gasteiger partial charge is 0.452 e. The second kappa shape index (κ2) is 4.64. The third-order valence-electron chi connectivity index (χ3n) is 2.85. The molecule has 0 aliphatic rings. The molecule has 0 heterocycles. The summed E-state index contributed by atoms with van der Waals surface area (Å²) in [5.74, 6) is 0. The minimum Gasteiger partial charge on any atom is -0.452 e. The highest BCUT2D eigenvalue weighted by Crippen LogP contribution is 2.17. The fourth-order valence-corrected chi connectivity index (χ4v) is 9.23. The molecular weight excluding hydrogens is 216 g/mol. The number of benzene rings is 1. The molecule has 0 aliphatic heterocycles. The zero-order valence-corrected chi connectivity index (χ0v) is 12.5. The van der Waals surface area contributed by atoms with Crippen LogP contribution in [0.4, 0.5) is 0 Å². The van der Waals surface area contributed by atoms with Crippen molar-refractivity contribution in [3.8, 4) is 0 Å². The SMILES string of the molecule is CC[Si](C)(C)O[Si](C)(C)c1ccccc1. The monoisotopic (exact) mass is 238 g/mol. The summed E-state index contributed by atoms with van der Waals surface area (Å²) in [7, 11) is -3.11. The predicted molar refractivity (Wildman–Crippen MR) is 72.6 cm³/mol. The van der Waals surface area contributed by atoms with E-state index in [9.17, 15) is 0 Å². The lowest BCUT2D eigenvalue weighted by atomic mass is 10.4. The third kappa shape index (κ3) is 3.59. The van der Waals surface area contributed by atoms with Crippen LogP contribution in [0.3, 0.4) is 0 Å². The molecule has 0 bridgehead atoms. The average molecular weight is 238 g/mol. The van der Waals surface area contributed by atoms with Crippen molar-refractivity contribution in [2.75, 3.05) is 0 Å². The van der Waals surface area contributed by atoms with Crippen molar-refractivity contribution in [2.45, 2.75) is 39.2 Å². The van der Waals surface area contributed by atoms with Gasteiger partial charge in [0.25, 0.3) is 0 Å². The van der Waals surface area contributed by atoms with E-state index in [1.54, 1.807) is 0 Å². The molecule has 0 N–H and O–H groups in total. The molecule has 1 aromatic rings. The number of hydrogen-bond donors (Lipinski definition) is 0. The van der Waals surface area contributed by atoms with Crippen molar-refractivity contribution >= 4 is 21.8 Å². The van der Waals surface area contributed by atoms with Gasteiger partial charge in [0.2, 0.25) is 8.32 Å². The van der Waals surface area contributed by atoms with E-state index in [0.717, 1.165) is 0 Å². The molecule has 15 heavy (non-hydrogen) atoms. The molecule has 0 unspecified atom stereocenters. The van der Waals surface area contributed by atoms with Crippen molar-refractivity contribution in [3.63, 3.8) is 0 Å². The Morgan fingerprint density at radius 3 is 2.00 bits per heavy atom. The third-order valence-corrected chi connectivity index (χ3v) is 10.5. The molecule has 3 heteroatoms. The van der Waals surface area contributed by atoms with Crippen LogP contribution in [0.5, 0.6) is 0 Å². The van der Waals surface area contributed by atoms with Crippen molar-refractivity contribution in [3.05, 3.63) is 30.3 Å². The van der Waals surface area contributed by atoms with Crippen molar-refractivity contribution in [1.29, 1.82) is 0 Å². The zero-order chi connectivity index (χ0) is 11.5. The Balaban J connectivity index is 2.85. The molecule has 1 nitrogen and oxygen atoms in total. The Kier molecular flexibility index (Phi) is 3.92. The summed E-state index contributed by atoms with van der Waals surface area (Å²) < 4.78 is 6.44. The minimum atomic E-state index is -1.67. The standard InChI is InChI=1S/C12H22OSi2/c1-6-14(2,3)13-15(4,5)12-10-8-7-9-11-12/h7-11H,6H2,1-5H3. The Morgan fingerprint density at radius 1 is 1.00 bits per heavy atom. The average Bonchev–Trinajstić information content (AvgIpc) is 2.18. The first kappa shape index (κ1) is 12.7. The van der Waals surface area contributed by atoms with E-state index < -0.39 is 16.6 Å². The number of hydrogen-bond acceptors (Lipinski definition) is 1. The van der Waals surface area contributed by atoms with E-state index in [1.165, 1.54) is 11.2 Å². The van der Waals surface area contributed by atoms with Gasteiger partial charge in [-0.15, -0.1) is 0 Å². The van der Waals surface area contributed by atoms with E-state index in [4.69, 9.17) is 4.12 Å². The van der Waals surface area contributed by atoms with Crippen LogP contribution in [0.15, 0.2) is 30.3 Å². The maximum atomic E-state index is 6.44. The highest BCUT2D eigenvalue weighted by molar-refractivity contribution is 6.92. The summed E-state index contributed by atoms with van der Waals surface area (Å²) in [5, 5.41) is 1.40. The van der Waals surface area contributed by atoms with Gasteiger partial charge in [0.15, 0.2) is 8.32 Å². The molecule has 0 aliphatic carbocycles. The van der Waals surface area contributed by atoms with Gasteiger partial charge in [-0.2, -0.15) is 0 Å². The van der Waals surface area contributed by atoms with E-state index in [-0.39, 0.29) is 0 Å². The van der Waals surface area contributed by atoms with Gasteiger partial charge in [0, 0.05) is 0 Å². The molecule has 84 valence electrons. The van der Waals surface area contributed by atoms with Crippen molar-refractivity contribution in [1.82, 2.24) is 0 Å². The molecule has 0 saturated carbocycles. The van der Waals surface area contributed by atoms with Gasteiger partial charge in [-0.25, -0.2) is 0 Å². The lowest BCUT2D eigenvalue weighted by Gasteiger charge is -2.33. The summed E-state index contributed by atoms with van der Waals surface area (Å²) in [4.78, 5) is 0. The Bertz CT molecular complexity index is 307. The Hall–Kier alpha value is -0.386. The van der Waals surface area contributed by atoms with Crippen molar-refractivity contribution in [2.24, 2.45) is 0 Å². The lowest BCUT2D eigenvalue weighted by Crippen LogP contribution is -2.52. The molecule has 0 radical (unpaired) electrons. The van der Waals surface area contributed by atoms with Crippen LogP contribution in [0.25, 0.3) is 0 Å². The fraction of sp³-hybridized carbons (Fsp3) is 0.500. The van der Waals surface area contributed by atoms with Gasteiger partial charge in [-0.1, -0.05) is 37.3 Å². The molecule has 0 fully saturated rings. The lowest BCUT2D eigenvalue weighted by molar-refractivity contribution is 0.557. The van der Waals surface area contributed by atoms with Crippen LogP contribution in [-0.4, -0.2) is 16.6 Å². The summed E-state index contributed by atoms with van der Waals surface area (Å²) >= 11 is 0. The molecule has 0 aromatic heterocycles. The van der Waals surface area contributed by atoms with Crippen LogP contribution >= 0.6 is 0 Å². The molecule has 0 spiro atoms. The summed E-state index contributed by atoms with van der Waals surface area (Å²) in [5.41, 5.74) is 0. The first-order valence-electron chi connectivity index (χ1n) is 5.63. The topological polar surface area (TPSA) is 9.23 Å². The zero-order valence-electron chi connectivity index (χ0n) is 10.5. The fourth-order valence-electron chi connectivity index (χ4n) is 1.66. The van der Waals surface area contributed by atoms with Gasteiger partial charge in [-0.3, -0.25) is 0 Å². The predicted octanol–water partition coefficient (Wildman–Crippen LogP) is 3.34. The van der Waals surface area contributed by atoms with E-state index >= 15 is 0 Å². The van der Waals surface area contributed by atoms with Gasteiger partial charge in [-0.05, 0) is 37.4 Å². The smallest absolute Gasteiger partial charge is 0.205 e. The van der Waals surface area contributed by atoms with Gasteiger partial charge >= 0.3 is 0 Å². The maximum Gasteiger partial charge on any atom is 0.205 e.